The van der Waals surface area contributed by atoms with E-state index in [-0.39, 0.29) is 28.1 Å². The number of fused-ring (bicyclic) bond motifs is 1. The van der Waals surface area contributed by atoms with Gasteiger partial charge in [-0.05, 0) is 0 Å². The number of hydrogen-bond donors (Lipinski definition) is 13. The van der Waals surface area contributed by atoms with Gasteiger partial charge in [0.2, 0.25) is 11.5 Å². The molecule has 4 aromatic rings. The first-order chi connectivity index (χ1) is 22.9. The summed E-state index contributed by atoms with van der Waals surface area (Å²) in [7, 11) is -13.9. The summed E-state index contributed by atoms with van der Waals surface area (Å²) in [6.45, 7) is -0.679. The van der Waals surface area contributed by atoms with Gasteiger partial charge in [0.25, 0.3) is 0 Å². The average molecular weight is 769 g/mol. The lowest BCUT2D eigenvalue weighted by molar-refractivity contribution is -0.113. The predicted octanol–water partition coefficient (Wildman–Crippen LogP) is -2.50. The number of carbonyl (C=O) groups excluding carboxylic acids is 2. The van der Waals surface area contributed by atoms with Crippen molar-refractivity contribution in [2.75, 3.05) is 12.3 Å². The maximum absolute atomic E-state index is 14.2. The number of Topliss-reactive ketones (excluding diaryl/α,β-unsaturated/α-hetero) is 1. The van der Waals surface area contributed by atoms with E-state index in [9.17, 15) is 24.9 Å². The van der Waals surface area contributed by atoms with Crippen LogP contribution >= 0.6 is 23.5 Å². The van der Waals surface area contributed by atoms with E-state index < -0.39 is 65.7 Å². The number of nitrogens with two attached hydrogens (primary N) is 1. The standard InChI is InChI=1S/C24H21N5O6.3H3O4P/c25-22-17-23(27-11-26-22)29(12-28-17)24(21(34)19(32)16(10-30)35-24)20(33)15-9-5-4-8-14(15)18(31)13-6-2-1-3-7-13;3*1-5(2,3)4/h1-9,11-12,16,19,21,30,32,34H,10H2,(H2,25,26,27);3*(H3,1,2,3,4)/t16-,19-,21-,24-;;;/m1.../s1. The van der Waals surface area contributed by atoms with Crippen molar-refractivity contribution in [3.05, 3.63) is 83.9 Å². The Morgan fingerprint density at radius 3 is 1.74 bits per heavy atom. The number of aromatic nitrogens is 4. The molecule has 0 unspecified atom stereocenters. The second kappa shape index (κ2) is 17.0. The molecule has 0 aliphatic carbocycles. The summed E-state index contributed by atoms with van der Waals surface area (Å²) >= 11 is 0. The first kappa shape index (κ1) is 42.5. The summed E-state index contributed by atoms with van der Waals surface area (Å²) in [5.74, 6) is -1.22. The van der Waals surface area contributed by atoms with E-state index in [1.165, 1.54) is 18.5 Å². The molecule has 50 heavy (non-hydrogen) atoms. The first-order valence-corrected chi connectivity index (χ1v) is 17.8. The summed E-state index contributed by atoms with van der Waals surface area (Å²) in [4.78, 5) is 104. The third-order valence-corrected chi connectivity index (χ3v) is 6.11. The highest BCUT2D eigenvalue weighted by atomic mass is 31.2. The van der Waals surface area contributed by atoms with Gasteiger partial charge in [0.05, 0.1) is 6.61 Å². The number of phosphoric acid groups is 3. The second-order valence-corrected chi connectivity index (χ2v) is 12.7. The summed E-state index contributed by atoms with van der Waals surface area (Å²) in [5.41, 5.74) is 4.15. The zero-order chi connectivity index (χ0) is 38.2. The average Bonchev–Trinajstić information content (AvgIpc) is 3.54. The smallest absolute Gasteiger partial charge is 0.394 e. The van der Waals surface area contributed by atoms with Gasteiger partial charge in [0.15, 0.2) is 17.2 Å². The van der Waals surface area contributed by atoms with Crippen molar-refractivity contribution in [2.24, 2.45) is 0 Å². The number of ketones is 2. The normalized spacial score (nSPS) is 20.4. The molecule has 1 aliphatic heterocycles. The van der Waals surface area contributed by atoms with Gasteiger partial charge in [-0.1, -0.05) is 54.6 Å². The van der Waals surface area contributed by atoms with E-state index >= 15 is 0 Å². The lowest BCUT2D eigenvalue weighted by atomic mass is 9.88. The molecule has 26 heteroatoms. The molecule has 23 nitrogen and oxygen atoms in total. The predicted molar refractivity (Wildman–Crippen MR) is 165 cm³/mol. The number of imidazole rings is 1. The van der Waals surface area contributed by atoms with E-state index in [1.54, 1.807) is 42.5 Å². The Hall–Kier alpha value is -3.70. The van der Waals surface area contributed by atoms with Gasteiger partial charge >= 0.3 is 23.5 Å². The second-order valence-electron chi connectivity index (χ2n) is 9.63. The molecular formula is C24H30N5O18P3. The van der Waals surface area contributed by atoms with Crippen molar-refractivity contribution in [1.82, 2.24) is 19.5 Å². The molecular weight excluding hydrogens is 739 g/mol. The Bertz CT molecular complexity index is 1860. The Labute approximate surface area is 279 Å². The molecule has 3 heterocycles. The van der Waals surface area contributed by atoms with Crippen LogP contribution in [0.3, 0.4) is 0 Å². The number of nitrogens with zero attached hydrogens (tertiary/aromatic N) is 4. The maximum Gasteiger partial charge on any atom is 0.466 e. The monoisotopic (exact) mass is 769 g/mol. The summed E-state index contributed by atoms with van der Waals surface area (Å²) in [5, 5.41) is 31.6. The van der Waals surface area contributed by atoms with Crippen molar-refractivity contribution in [3.63, 3.8) is 0 Å². The van der Waals surface area contributed by atoms with Crippen LogP contribution in [0.15, 0.2) is 67.3 Å². The van der Waals surface area contributed by atoms with Gasteiger partial charge in [-0.3, -0.25) is 14.2 Å². The van der Waals surface area contributed by atoms with E-state index in [1.807, 2.05) is 0 Å². The van der Waals surface area contributed by atoms with E-state index in [4.69, 9.17) is 68.2 Å². The number of rotatable bonds is 6. The molecule has 5 rings (SSSR count). The highest BCUT2D eigenvalue weighted by molar-refractivity contribution is 7.45. The van der Waals surface area contributed by atoms with Crippen LogP contribution in [0.25, 0.3) is 11.2 Å². The van der Waals surface area contributed by atoms with Crippen molar-refractivity contribution in [3.8, 4) is 0 Å². The molecule has 0 saturated carbocycles. The number of aliphatic hydroxyl groups excluding tert-OH is 3. The minimum absolute atomic E-state index is 0.0303. The van der Waals surface area contributed by atoms with Gasteiger partial charge < -0.3 is 69.8 Å². The van der Waals surface area contributed by atoms with Crippen LogP contribution in [0.4, 0.5) is 5.82 Å². The van der Waals surface area contributed by atoms with Crippen LogP contribution in [0.5, 0.6) is 0 Å². The minimum Gasteiger partial charge on any atom is -0.394 e. The molecule has 1 saturated heterocycles. The molecule has 1 aliphatic rings. The molecule has 1 fully saturated rings. The van der Waals surface area contributed by atoms with Gasteiger partial charge in [-0.15, -0.1) is 0 Å². The zero-order valence-corrected chi connectivity index (χ0v) is 27.5. The van der Waals surface area contributed by atoms with Crippen LogP contribution in [0, 0.1) is 0 Å². The van der Waals surface area contributed by atoms with E-state index in [2.05, 4.69) is 15.0 Å². The lowest BCUT2D eigenvalue weighted by Crippen LogP contribution is -2.52. The Morgan fingerprint density at radius 2 is 1.26 bits per heavy atom. The number of carbonyl (C=O) groups is 2. The fraction of sp³-hybridized carbons (Fsp3) is 0.208. The SMILES string of the molecule is Nc1ncnc2c1ncn2[C@]1(C(=O)c2ccccc2C(=O)c2ccccc2)O[C@H](CO)[C@@H](O)[C@H]1O.O=P(O)(O)O.O=P(O)(O)O.O=P(O)(O)O. The fourth-order valence-corrected chi connectivity index (χ4v) is 4.36. The zero-order valence-electron chi connectivity index (χ0n) is 24.8. The van der Waals surface area contributed by atoms with Crippen LogP contribution in [-0.4, -0.2) is 115 Å². The number of nitrogen functional groups attached to an aromatic ring is 1. The molecule has 2 aromatic carbocycles. The Morgan fingerprint density at radius 1 is 0.780 bits per heavy atom. The van der Waals surface area contributed by atoms with Crippen LogP contribution < -0.4 is 5.73 Å². The molecule has 274 valence electrons. The molecule has 0 amide bonds. The van der Waals surface area contributed by atoms with Crippen LogP contribution in [0.2, 0.25) is 0 Å². The Balaban J connectivity index is 0.000000487. The van der Waals surface area contributed by atoms with Gasteiger partial charge in [-0.2, -0.15) is 0 Å². The van der Waals surface area contributed by atoms with Gasteiger partial charge in [0.1, 0.15) is 36.5 Å². The van der Waals surface area contributed by atoms with Crippen molar-refractivity contribution >= 4 is 52.0 Å². The molecule has 0 spiro atoms. The van der Waals surface area contributed by atoms with E-state index in [0.717, 1.165) is 10.9 Å². The Kier molecular flexibility index (Phi) is 14.4. The molecule has 0 bridgehead atoms. The number of aliphatic hydroxyl groups is 3. The first-order valence-electron chi connectivity index (χ1n) is 13.1. The highest BCUT2D eigenvalue weighted by Crippen LogP contribution is 2.41. The van der Waals surface area contributed by atoms with Crippen LogP contribution in [-0.2, 0) is 24.2 Å². The molecule has 14 N–H and O–H groups in total. The molecule has 4 atom stereocenters. The topological polar surface area (TPSA) is 407 Å². The summed E-state index contributed by atoms with van der Waals surface area (Å²) in [6.07, 6.45) is -2.44. The third kappa shape index (κ3) is 12.0. The molecule has 0 radical (unpaired) electrons. The third-order valence-electron chi connectivity index (χ3n) is 6.11. The summed E-state index contributed by atoms with van der Waals surface area (Å²) in [6, 6.07) is 14.5. The maximum atomic E-state index is 14.2. The van der Waals surface area contributed by atoms with Crippen molar-refractivity contribution < 1.29 is 87.4 Å². The number of benzene rings is 2. The summed E-state index contributed by atoms with van der Waals surface area (Å²) < 4.78 is 33.7. The molecule has 2 aromatic heterocycles. The lowest BCUT2D eigenvalue weighted by Gasteiger charge is -2.32. The minimum atomic E-state index is -4.64. The quantitative estimate of drug-likeness (QED) is 0.0712. The number of ether oxygens (including phenoxy) is 1. The van der Waals surface area contributed by atoms with Crippen LogP contribution in [0.1, 0.15) is 26.3 Å². The van der Waals surface area contributed by atoms with Crippen molar-refractivity contribution in [1.29, 1.82) is 0 Å². The van der Waals surface area contributed by atoms with Gasteiger partial charge in [-0.25, -0.2) is 28.6 Å². The number of hydrogen-bond acceptors (Lipinski definition) is 13. The highest BCUT2D eigenvalue weighted by Gasteiger charge is 2.61. The largest absolute Gasteiger partial charge is 0.466 e. The van der Waals surface area contributed by atoms with E-state index in [0.29, 0.717) is 5.56 Å². The fourth-order valence-electron chi connectivity index (χ4n) is 4.36. The van der Waals surface area contributed by atoms with Crippen molar-refractivity contribution in [2.45, 2.75) is 24.0 Å². The number of anilines is 1. The van der Waals surface area contributed by atoms with Gasteiger partial charge in [0, 0.05) is 16.7 Å².